The number of para-hydroxylation sites is 1. The van der Waals surface area contributed by atoms with Gasteiger partial charge in [0.05, 0.1) is 12.6 Å². The van der Waals surface area contributed by atoms with Gasteiger partial charge in [0.2, 0.25) is 0 Å². The molecule has 21 heavy (non-hydrogen) atoms. The number of rotatable bonds is 5. The number of nitrogens with one attached hydrogen (secondary N) is 1. The Bertz CT molecular complexity index is 480. The Kier molecular flexibility index (Phi) is 5.09. The van der Waals surface area contributed by atoms with Crippen LogP contribution in [0.15, 0.2) is 18.2 Å². The molecule has 2 aliphatic heterocycles. The zero-order valence-electron chi connectivity index (χ0n) is 13.1. The maximum atomic E-state index is 5.95. The van der Waals surface area contributed by atoms with Crippen molar-refractivity contribution in [1.82, 2.24) is 10.2 Å². The molecule has 2 heterocycles. The number of hydrogen-bond acceptors (Lipinski definition) is 4. The average molecular weight is 306 g/mol. The van der Waals surface area contributed by atoms with Gasteiger partial charge in [0, 0.05) is 36.1 Å². The van der Waals surface area contributed by atoms with Gasteiger partial charge in [-0.25, -0.2) is 0 Å². The van der Waals surface area contributed by atoms with E-state index >= 15 is 0 Å². The van der Waals surface area contributed by atoms with Crippen LogP contribution in [0.2, 0.25) is 0 Å². The summed E-state index contributed by atoms with van der Waals surface area (Å²) in [5.74, 6) is 3.59. The standard InChI is InChI=1S/C17H26N2OS/c1-3-8-18-16(15-12-21-11-9-19(15)2)14-6-4-5-13-7-10-20-17(13)14/h4-6,15-16,18H,3,7-12H2,1-2H3. The van der Waals surface area contributed by atoms with E-state index in [0.717, 1.165) is 31.7 Å². The van der Waals surface area contributed by atoms with Crippen LogP contribution in [-0.2, 0) is 6.42 Å². The average Bonchev–Trinajstić information content (AvgIpc) is 2.98. The van der Waals surface area contributed by atoms with Crippen molar-refractivity contribution in [2.75, 3.05) is 38.2 Å². The van der Waals surface area contributed by atoms with E-state index in [1.165, 1.54) is 29.2 Å². The van der Waals surface area contributed by atoms with E-state index in [1.54, 1.807) is 0 Å². The molecule has 2 atom stereocenters. The Morgan fingerprint density at radius 3 is 3.19 bits per heavy atom. The first-order valence-corrected chi connectivity index (χ1v) is 9.22. The molecular weight excluding hydrogens is 280 g/mol. The van der Waals surface area contributed by atoms with Crippen LogP contribution in [0.4, 0.5) is 0 Å². The van der Waals surface area contributed by atoms with Crippen LogP contribution in [0.3, 0.4) is 0 Å². The normalized spacial score (nSPS) is 23.6. The second kappa shape index (κ2) is 7.03. The van der Waals surface area contributed by atoms with Crippen molar-refractivity contribution in [3.8, 4) is 5.75 Å². The zero-order chi connectivity index (χ0) is 14.7. The third-order valence-corrected chi connectivity index (χ3v) is 5.57. The smallest absolute Gasteiger partial charge is 0.127 e. The van der Waals surface area contributed by atoms with Gasteiger partial charge < -0.3 is 10.1 Å². The minimum atomic E-state index is 0.371. The van der Waals surface area contributed by atoms with Crippen LogP contribution < -0.4 is 10.1 Å². The summed E-state index contributed by atoms with van der Waals surface area (Å²) >= 11 is 2.07. The summed E-state index contributed by atoms with van der Waals surface area (Å²) < 4.78 is 5.95. The van der Waals surface area contributed by atoms with Gasteiger partial charge >= 0.3 is 0 Å². The minimum absolute atomic E-state index is 0.371. The molecule has 0 spiro atoms. The number of fused-ring (bicyclic) bond motifs is 1. The summed E-state index contributed by atoms with van der Waals surface area (Å²) in [6.45, 7) is 5.30. The van der Waals surface area contributed by atoms with Gasteiger partial charge in [-0.15, -0.1) is 0 Å². The Morgan fingerprint density at radius 2 is 2.38 bits per heavy atom. The van der Waals surface area contributed by atoms with Gasteiger partial charge in [-0.05, 0) is 25.6 Å². The Morgan fingerprint density at radius 1 is 1.48 bits per heavy atom. The van der Waals surface area contributed by atoms with E-state index < -0.39 is 0 Å². The molecule has 0 aliphatic carbocycles. The van der Waals surface area contributed by atoms with Crippen LogP contribution in [0.25, 0.3) is 0 Å². The van der Waals surface area contributed by atoms with Gasteiger partial charge in [-0.3, -0.25) is 4.90 Å². The highest BCUT2D eigenvalue weighted by atomic mass is 32.2. The summed E-state index contributed by atoms with van der Waals surface area (Å²) in [5.41, 5.74) is 2.74. The molecule has 1 aromatic carbocycles. The molecule has 1 fully saturated rings. The summed E-state index contributed by atoms with van der Waals surface area (Å²) in [6.07, 6.45) is 2.22. The third-order valence-electron chi connectivity index (χ3n) is 4.52. The zero-order valence-corrected chi connectivity index (χ0v) is 13.9. The van der Waals surface area contributed by atoms with Crippen molar-refractivity contribution >= 4 is 11.8 Å². The molecule has 0 amide bonds. The van der Waals surface area contributed by atoms with Crippen molar-refractivity contribution in [3.05, 3.63) is 29.3 Å². The molecular formula is C17H26N2OS. The molecule has 1 saturated heterocycles. The molecule has 0 radical (unpaired) electrons. The molecule has 3 rings (SSSR count). The molecule has 1 aromatic rings. The molecule has 3 nitrogen and oxygen atoms in total. The van der Waals surface area contributed by atoms with Crippen molar-refractivity contribution in [1.29, 1.82) is 0 Å². The number of hydrogen-bond donors (Lipinski definition) is 1. The lowest BCUT2D eigenvalue weighted by molar-refractivity contribution is 0.212. The summed E-state index contributed by atoms with van der Waals surface area (Å²) in [6, 6.07) is 7.58. The molecule has 0 aromatic heterocycles. The van der Waals surface area contributed by atoms with Gasteiger partial charge in [0.25, 0.3) is 0 Å². The van der Waals surface area contributed by atoms with E-state index in [1.807, 2.05) is 0 Å². The Hall–Kier alpha value is -0.710. The van der Waals surface area contributed by atoms with E-state index in [-0.39, 0.29) is 0 Å². The maximum absolute atomic E-state index is 5.95. The third kappa shape index (κ3) is 3.22. The second-order valence-electron chi connectivity index (χ2n) is 5.99. The van der Waals surface area contributed by atoms with Crippen LogP contribution in [0, 0.1) is 0 Å². The topological polar surface area (TPSA) is 24.5 Å². The molecule has 1 N–H and O–H groups in total. The predicted octanol–water partition coefficient (Wildman–Crippen LogP) is 2.71. The quantitative estimate of drug-likeness (QED) is 0.904. The van der Waals surface area contributed by atoms with Gasteiger partial charge in [-0.2, -0.15) is 11.8 Å². The molecule has 2 unspecified atom stereocenters. The van der Waals surface area contributed by atoms with E-state index in [2.05, 4.69) is 54.1 Å². The first-order chi connectivity index (χ1) is 10.3. The number of thioether (sulfide) groups is 1. The molecule has 116 valence electrons. The van der Waals surface area contributed by atoms with E-state index in [9.17, 15) is 0 Å². The lowest BCUT2D eigenvalue weighted by Gasteiger charge is -2.38. The number of ether oxygens (including phenoxy) is 1. The fraction of sp³-hybridized carbons (Fsp3) is 0.647. The Balaban J connectivity index is 1.90. The van der Waals surface area contributed by atoms with Crippen molar-refractivity contribution in [3.63, 3.8) is 0 Å². The van der Waals surface area contributed by atoms with Gasteiger partial charge in [-0.1, -0.05) is 25.1 Å². The predicted molar refractivity (Wildman–Crippen MR) is 90.4 cm³/mol. The number of likely N-dealkylation sites (N-methyl/N-ethyl adjacent to an activating group) is 1. The summed E-state index contributed by atoms with van der Waals surface area (Å²) in [5, 5.41) is 3.78. The fourth-order valence-electron chi connectivity index (χ4n) is 3.30. The SMILES string of the molecule is CCCNC(c1cccc2c1OCC2)C1CSCCN1C. The molecule has 0 bridgehead atoms. The van der Waals surface area contributed by atoms with Crippen molar-refractivity contribution in [2.24, 2.45) is 0 Å². The number of benzene rings is 1. The lowest BCUT2D eigenvalue weighted by atomic mass is 9.95. The Labute approximate surface area is 132 Å². The highest BCUT2D eigenvalue weighted by Crippen LogP contribution is 2.37. The highest BCUT2D eigenvalue weighted by molar-refractivity contribution is 7.99. The molecule has 2 aliphatic rings. The molecule has 4 heteroatoms. The lowest BCUT2D eigenvalue weighted by Crippen LogP contribution is -2.48. The van der Waals surface area contributed by atoms with E-state index in [0.29, 0.717) is 12.1 Å². The number of nitrogens with zero attached hydrogens (tertiary/aromatic N) is 1. The summed E-state index contributed by atoms with van der Waals surface area (Å²) in [4.78, 5) is 2.51. The minimum Gasteiger partial charge on any atom is -0.493 e. The van der Waals surface area contributed by atoms with Crippen LogP contribution in [-0.4, -0.2) is 49.2 Å². The monoisotopic (exact) mass is 306 g/mol. The first kappa shape index (κ1) is 15.2. The van der Waals surface area contributed by atoms with E-state index in [4.69, 9.17) is 4.74 Å². The fourth-order valence-corrected chi connectivity index (χ4v) is 4.57. The maximum Gasteiger partial charge on any atom is 0.127 e. The largest absolute Gasteiger partial charge is 0.493 e. The first-order valence-electron chi connectivity index (χ1n) is 8.07. The highest BCUT2D eigenvalue weighted by Gasteiger charge is 2.32. The van der Waals surface area contributed by atoms with Crippen molar-refractivity contribution in [2.45, 2.75) is 31.8 Å². The van der Waals surface area contributed by atoms with Gasteiger partial charge in [0.15, 0.2) is 0 Å². The van der Waals surface area contributed by atoms with Gasteiger partial charge in [0.1, 0.15) is 5.75 Å². The van der Waals surface area contributed by atoms with Crippen molar-refractivity contribution < 1.29 is 4.74 Å². The summed E-state index contributed by atoms with van der Waals surface area (Å²) in [7, 11) is 2.26. The molecule has 0 saturated carbocycles. The van der Waals surface area contributed by atoms with Crippen LogP contribution >= 0.6 is 11.8 Å². The van der Waals surface area contributed by atoms with Crippen LogP contribution in [0.5, 0.6) is 5.75 Å². The second-order valence-corrected chi connectivity index (χ2v) is 7.14. The van der Waals surface area contributed by atoms with Crippen LogP contribution in [0.1, 0.15) is 30.5 Å².